The van der Waals surface area contributed by atoms with Gasteiger partial charge in [0.2, 0.25) is 11.8 Å². The number of carboxylic acids is 1. The summed E-state index contributed by atoms with van der Waals surface area (Å²) in [4.78, 5) is 73.4. The van der Waals surface area contributed by atoms with Crippen molar-refractivity contribution in [2.45, 2.75) is 77.9 Å². The van der Waals surface area contributed by atoms with Crippen LogP contribution in [0.2, 0.25) is 0 Å². The molecule has 1 aliphatic carbocycles. The van der Waals surface area contributed by atoms with Crippen LogP contribution in [0.5, 0.6) is 0 Å². The van der Waals surface area contributed by atoms with Crippen LogP contribution >= 0.6 is 7.60 Å². The third-order valence-corrected chi connectivity index (χ3v) is 9.38. The first-order chi connectivity index (χ1) is 18.1. The van der Waals surface area contributed by atoms with Crippen molar-refractivity contribution in [2.75, 3.05) is 18.1 Å². The minimum Gasteiger partial charge on any atom is -0.480 e. The van der Waals surface area contributed by atoms with Crippen molar-refractivity contribution in [3.63, 3.8) is 0 Å². The van der Waals surface area contributed by atoms with E-state index < -0.39 is 66.3 Å². The largest absolute Gasteiger partial charge is 0.480 e. The van der Waals surface area contributed by atoms with Crippen LogP contribution in [0.1, 0.15) is 65.4 Å². The van der Waals surface area contributed by atoms with Crippen LogP contribution in [0.4, 0.5) is 5.69 Å². The highest BCUT2D eigenvalue weighted by Gasteiger charge is 2.57. The number of fused-ring (bicyclic) bond motifs is 1. The molecule has 0 spiro atoms. The number of aliphatic carboxylic acids is 1. The molecule has 1 heterocycles. The minimum atomic E-state index is -4.88. The third-order valence-electron chi connectivity index (χ3n) is 7.65. The van der Waals surface area contributed by atoms with Gasteiger partial charge in [0.1, 0.15) is 12.6 Å². The Hall–Kier alpha value is -2.75. The summed E-state index contributed by atoms with van der Waals surface area (Å²) in [7, 11) is -4.88. The Morgan fingerprint density at radius 1 is 1.18 bits per heavy atom. The lowest BCUT2D eigenvalue weighted by molar-refractivity contribution is -0.154. The number of carboxylic acid groups (broad SMARTS) is 1. The molecule has 2 aliphatic rings. The van der Waals surface area contributed by atoms with Gasteiger partial charge in [-0.3, -0.25) is 28.6 Å². The van der Waals surface area contributed by atoms with Crippen LogP contribution < -0.4 is 10.2 Å². The second-order valence-electron chi connectivity index (χ2n) is 11.7. The second-order valence-corrected chi connectivity index (χ2v) is 13.5. The molecule has 12 heteroatoms. The average molecular weight is 567 g/mol. The fourth-order valence-electron chi connectivity index (χ4n) is 5.83. The van der Waals surface area contributed by atoms with E-state index >= 15 is 0 Å². The molecule has 216 valence electrons. The number of rotatable bonds is 9. The van der Waals surface area contributed by atoms with Crippen molar-refractivity contribution in [2.24, 2.45) is 16.7 Å². The van der Waals surface area contributed by atoms with Crippen molar-refractivity contribution < 1.29 is 43.4 Å². The van der Waals surface area contributed by atoms with Crippen LogP contribution in [0.3, 0.4) is 0 Å². The zero-order valence-electron chi connectivity index (χ0n) is 22.9. The Balaban J connectivity index is 1.90. The highest BCUT2D eigenvalue weighted by Crippen LogP contribution is 2.59. The van der Waals surface area contributed by atoms with E-state index in [1.165, 1.54) is 0 Å². The molecule has 1 fully saturated rings. The molecule has 3 atom stereocenters. The number of anilines is 1. The summed E-state index contributed by atoms with van der Waals surface area (Å²) in [6.45, 7) is 5.70. The molecule has 39 heavy (non-hydrogen) atoms. The van der Waals surface area contributed by atoms with E-state index in [0.29, 0.717) is 24.9 Å². The van der Waals surface area contributed by atoms with Crippen LogP contribution in [0.25, 0.3) is 0 Å². The molecular weight excluding hydrogens is 527 g/mol. The quantitative estimate of drug-likeness (QED) is 0.259. The topological polar surface area (TPSA) is 171 Å². The van der Waals surface area contributed by atoms with Crippen molar-refractivity contribution in [3.8, 4) is 0 Å². The normalized spacial score (nSPS) is 20.9. The molecular formula is C27H39N2O9P. The SMILES string of the molecule is CC(COC(=O)C(C)(C)C)C(C1(C(=O)N[C@H]2CCc3ccccc3N(CC(=O)O)C2=O)CCCC1)P(=O)(O)O. The van der Waals surface area contributed by atoms with Crippen molar-refractivity contribution in [3.05, 3.63) is 29.8 Å². The summed E-state index contributed by atoms with van der Waals surface area (Å²) in [5.41, 5.74) is -2.50. The second kappa shape index (κ2) is 11.8. The van der Waals surface area contributed by atoms with Crippen molar-refractivity contribution >= 4 is 37.0 Å². The molecule has 2 amide bonds. The number of esters is 1. The molecule has 0 aromatic heterocycles. The fourth-order valence-corrected chi connectivity index (χ4v) is 7.59. The Kier molecular flexibility index (Phi) is 9.30. The molecule has 1 aromatic rings. The van der Waals surface area contributed by atoms with Gasteiger partial charge >= 0.3 is 19.5 Å². The number of hydrogen-bond acceptors (Lipinski definition) is 6. The number of carbonyl (C=O) groups excluding carboxylic acids is 3. The van der Waals surface area contributed by atoms with Gasteiger partial charge in [0.05, 0.1) is 23.1 Å². The number of aryl methyl sites for hydroxylation is 1. The Bertz CT molecular complexity index is 1150. The summed E-state index contributed by atoms with van der Waals surface area (Å²) >= 11 is 0. The van der Waals surface area contributed by atoms with E-state index in [0.717, 1.165) is 10.5 Å². The predicted molar refractivity (Wildman–Crippen MR) is 143 cm³/mol. The molecule has 0 radical (unpaired) electrons. The maximum atomic E-state index is 13.9. The molecule has 1 aromatic carbocycles. The first-order valence-corrected chi connectivity index (χ1v) is 14.9. The van der Waals surface area contributed by atoms with Crippen molar-refractivity contribution in [1.82, 2.24) is 5.32 Å². The van der Waals surface area contributed by atoms with E-state index in [2.05, 4.69) is 5.32 Å². The number of hydrogen-bond donors (Lipinski definition) is 4. The molecule has 11 nitrogen and oxygen atoms in total. The first-order valence-electron chi connectivity index (χ1n) is 13.2. The highest BCUT2D eigenvalue weighted by molar-refractivity contribution is 7.52. The maximum absolute atomic E-state index is 13.9. The zero-order chi connectivity index (χ0) is 29.2. The summed E-state index contributed by atoms with van der Waals surface area (Å²) in [5.74, 6) is -3.83. The smallest absolute Gasteiger partial charge is 0.330 e. The number of ether oxygens (including phenoxy) is 1. The van der Waals surface area contributed by atoms with Gasteiger partial charge in [-0.2, -0.15) is 0 Å². The van der Waals surface area contributed by atoms with Gasteiger partial charge in [-0.25, -0.2) is 0 Å². The summed E-state index contributed by atoms with van der Waals surface area (Å²) in [6, 6.07) is 5.86. The molecule has 1 aliphatic heterocycles. The Morgan fingerprint density at radius 2 is 1.79 bits per heavy atom. The Morgan fingerprint density at radius 3 is 2.36 bits per heavy atom. The number of nitrogens with zero attached hydrogens (tertiary/aromatic N) is 1. The zero-order valence-corrected chi connectivity index (χ0v) is 23.8. The van der Waals surface area contributed by atoms with Crippen molar-refractivity contribution in [1.29, 1.82) is 0 Å². The number of nitrogens with one attached hydrogen (secondary N) is 1. The molecule has 0 saturated heterocycles. The van der Waals surface area contributed by atoms with Gasteiger partial charge in [0.15, 0.2) is 0 Å². The monoisotopic (exact) mass is 566 g/mol. The lowest BCUT2D eigenvalue weighted by atomic mass is 9.76. The predicted octanol–water partition coefficient (Wildman–Crippen LogP) is 2.87. The van der Waals surface area contributed by atoms with E-state index in [4.69, 9.17) is 4.74 Å². The van der Waals surface area contributed by atoms with E-state index in [1.807, 2.05) is 0 Å². The molecule has 2 unspecified atom stereocenters. The molecule has 3 rings (SSSR count). The van der Waals surface area contributed by atoms with E-state index in [9.17, 15) is 38.6 Å². The van der Waals surface area contributed by atoms with Gasteiger partial charge in [0, 0.05) is 11.6 Å². The standard InChI is InChI=1S/C27H39N2O9P/c1-17(16-38-25(34)26(2,3)4)22(39(35,36)37)27(13-7-8-14-27)24(33)28-19-12-11-18-9-5-6-10-20(18)29(23(19)32)15-21(30)31/h5-6,9-10,17,19,22H,7-8,11-16H2,1-4H3,(H,28,33)(H,30,31)(H2,35,36,37)/t17?,19-,22?/m0/s1. The summed E-state index contributed by atoms with van der Waals surface area (Å²) < 4.78 is 18.2. The van der Waals surface area contributed by atoms with Gasteiger partial charge in [0.25, 0.3) is 0 Å². The van der Waals surface area contributed by atoms with E-state index in [-0.39, 0.29) is 25.9 Å². The van der Waals surface area contributed by atoms with Crippen LogP contribution in [0.15, 0.2) is 24.3 Å². The summed E-state index contributed by atoms with van der Waals surface area (Å²) in [6.07, 6.45) is 2.13. The lowest BCUT2D eigenvalue weighted by Crippen LogP contribution is -2.56. The number of benzene rings is 1. The Labute approximate surface area is 228 Å². The number of carbonyl (C=O) groups is 4. The fraction of sp³-hybridized carbons (Fsp3) is 0.630. The minimum absolute atomic E-state index is 0.201. The number of para-hydroxylation sites is 1. The van der Waals surface area contributed by atoms with Crippen LogP contribution in [-0.2, 0) is 34.9 Å². The molecule has 1 saturated carbocycles. The van der Waals surface area contributed by atoms with Gasteiger partial charge in [-0.15, -0.1) is 0 Å². The highest BCUT2D eigenvalue weighted by atomic mass is 31.2. The molecule has 0 bridgehead atoms. The third kappa shape index (κ3) is 6.88. The maximum Gasteiger partial charge on any atom is 0.330 e. The van der Waals surface area contributed by atoms with Gasteiger partial charge in [-0.05, 0) is 58.1 Å². The summed E-state index contributed by atoms with van der Waals surface area (Å²) in [5, 5.41) is 12.2. The van der Waals surface area contributed by atoms with Gasteiger partial charge < -0.3 is 24.9 Å². The number of amides is 2. The first kappa shape index (κ1) is 30.8. The van der Waals surface area contributed by atoms with E-state index in [1.54, 1.807) is 52.0 Å². The average Bonchev–Trinajstić information content (AvgIpc) is 3.27. The van der Waals surface area contributed by atoms with Crippen LogP contribution in [-0.4, -0.2) is 63.5 Å². The lowest BCUT2D eigenvalue weighted by Gasteiger charge is -2.40. The van der Waals surface area contributed by atoms with Gasteiger partial charge in [-0.1, -0.05) is 38.0 Å². The van der Waals surface area contributed by atoms with Crippen LogP contribution in [0, 0.1) is 16.7 Å². The molecule has 4 N–H and O–H groups in total.